The standard InChI is InChI=1S/C17H20F3N5O3/c1-22-13-12(15(27)23(2)16(22)28)8-11(9-21-13)14(26)25-5-3-4-24(6-7-25)10-17(18,19)20/h8-9H,3-7,10H2,1-2H3. The molecule has 2 aromatic rings. The highest BCUT2D eigenvalue weighted by Crippen LogP contribution is 2.18. The van der Waals surface area contributed by atoms with E-state index in [-0.39, 0.29) is 36.2 Å². The van der Waals surface area contributed by atoms with Gasteiger partial charge in [-0.15, -0.1) is 0 Å². The van der Waals surface area contributed by atoms with E-state index in [2.05, 4.69) is 4.98 Å². The smallest absolute Gasteiger partial charge is 0.337 e. The summed E-state index contributed by atoms with van der Waals surface area (Å²) in [5.41, 5.74) is -0.766. The lowest BCUT2D eigenvalue weighted by Crippen LogP contribution is -2.39. The van der Waals surface area contributed by atoms with Gasteiger partial charge in [0.25, 0.3) is 11.5 Å². The molecule has 0 spiro atoms. The van der Waals surface area contributed by atoms with E-state index < -0.39 is 29.9 Å². The number of carbonyl (C=O) groups is 1. The first-order valence-electron chi connectivity index (χ1n) is 8.72. The predicted octanol–water partition coefficient (Wildman–Crippen LogP) is 0.342. The lowest BCUT2D eigenvalue weighted by atomic mass is 10.2. The number of nitrogens with zero attached hydrogens (tertiary/aromatic N) is 5. The fourth-order valence-electron chi connectivity index (χ4n) is 3.35. The highest BCUT2D eigenvalue weighted by atomic mass is 19.4. The summed E-state index contributed by atoms with van der Waals surface area (Å²) < 4.78 is 39.9. The van der Waals surface area contributed by atoms with Crippen LogP contribution >= 0.6 is 0 Å². The first-order valence-corrected chi connectivity index (χ1v) is 8.72. The lowest BCUT2D eigenvalue weighted by molar-refractivity contribution is -0.145. The van der Waals surface area contributed by atoms with Gasteiger partial charge in [0, 0.05) is 46.5 Å². The van der Waals surface area contributed by atoms with Gasteiger partial charge in [0.15, 0.2) is 0 Å². The molecule has 0 saturated carbocycles. The Kier molecular flexibility index (Phi) is 5.28. The molecule has 0 aliphatic carbocycles. The number of pyridine rings is 1. The van der Waals surface area contributed by atoms with Crippen molar-refractivity contribution in [3.63, 3.8) is 0 Å². The van der Waals surface area contributed by atoms with E-state index in [4.69, 9.17) is 0 Å². The molecule has 152 valence electrons. The Hall–Kier alpha value is -2.69. The molecular formula is C17H20F3N5O3. The molecule has 0 atom stereocenters. The molecule has 2 aromatic heterocycles. The largest absolute Gasteiger partial charge is 0.401 e. The summed E-state index contributed by atoms with van der Waals surface area (Å²) in [5.74, 6) is -0.404. The van der Waals surface area contributed by atoms with Crippen LogP contribution in [0.15, 0.2) is 21.9 Å². The number of hydrogen-bond acceptors (Lipinski definition) is 5. The number of hydrogen-bond donors (Lipinski definition) is 0. The third-order valence-electron chi connectivity index (χ3n) is 4.82. The van der Waals surface area contributed by atoms with Crippen molar-refractivity contribution in [3.05, 3.63) is 38.7 Å². The number of aryl methyl sites for hydroxylation is 1. The first-order chi connectivity index (χ1) is 13.1. The van der Waals surface area contributed by atoms with Crippen LogP contribution in [0.1, 0.15) is 16.8 Å². The van der Waals surface area contributed by atoms with Gasteiger partial charge in [0.05, 0.1) is 17.5 Å². The third-order valence-corrected chi connectivity index (χ3v) is 4.82. The quantitative estimate of drug-likeness (QED) is 0.728. The van der Waals surface area contributed by atoms with Crippen LogP contribution in [-0.2, 0) is 14.1 Å². The minimum Gasteiger partial charge on any atom is -0.337 e. The molecule has 0 bridgehead atoms. The highest BCUT2D eigenvalue weighted by Gasteiger charge is 2.32. The van der Waals surface area contributed by atoms with Crippen molar-refractivity contribution in [3.8, 4) is 0 Å². The van der Waals surface area contributed by atoms with Crippen molar-refractivity contribution in [2.75, 3.05) is 32.7 Å². The van der Waals surface area contributed by atoms with Gasteiger partial charge in [-0.05, 0) is 12.5 Å². The molecule has 0 unspecified atom stereocenters. The van der Waals surface area contributed by atoms with Crippen LogP contribution in [0.4, 0.5) is 13.2 Å². The second-order valence-electron chi connectivity index (χ2n) is 6.84. The van der Waals surface area contributed by atoms with Gasteiger partial charge >= 0.3 is 11.9 Å². The Balaban J connectivity index is 1.86. The predicted molar refractivity (Wildman–Crippen MR) is 95.2 cm³/mol. The Bertz CT molecular complexity index is 1030. The summed E-state index contributed by atoms with van der Waals surface area (Å²) in [6.07, 6.45) is -2.58. The van der Waals surface area contributed by atoms with Crippen LogP contribution < -0.4 is 11.2 Å². The van der Waals surface area contributed by atoms with Crippen LogP contribution in [0.5, 0.6) is 0 Å². The summed E-state index contributed by atoms with van der Waals surface area (Å²) in [7, 11) is 2.81. The van der Waals surface area contributed by atoms with Gasteiger partial charge in [-0.2, -0.15) is 13.2 Å². The SMILES string of the molecule is Cn1c(=O)c2cc(C(=O)N3CCCN(CC(F)(F)F)CC3)cnc2n(C)c1=O. The fourth-order valence-corrected chi connectivity index (χ4v) is 3.35. The zero-order valence-electron chi connectivity index (χ0n) is 15.5. The monoisotopic (exact) mass is 399 g/mol. The molecule has 0 N–H and O–H groups in total. The minimum atomic E-state index is -4.28. The van der Waals surface area contributed by atoms with E-state index in [9.17, 15) is 27.6 Å². The molecule has 1 aliphatic rings. The van der Waals surface area contributed by atoms with Crippen molar-refractivity contribution in [2.24, 2.45) is 14.1 Å². The molecule has 8 nitrogen and oxygen atoms in total. The van der Waals surface area contributed by atoms with Crippen LogP contribution in [-0.4, -0.2) is 68.7 Å². The van der Waals surface area contributed by atoms with Gasteiger partial charge in [-0.1, -0.05) is 0 Å². The topological polar surface area (TPSA) is 80.4 Å². The van der Waals surface area contributed by atoms with Crippen LogP contribution in [0.3, 0.4) is 0 Å². The molecule has 1 aliphatic heterocycles. The summed E-state index contributed by atoms with van der Waals surface area (Å²) in [6.45, 7) is -0.171. The van der Waals surface area contributed by atoms with Crippen molar-refractivity contribution >= 4 is 16.9 Å². The van der Waals surface area contributed by atoms with Crippen LogP contribution in [0, 0.1) is 0 Å². The minimum absolute atomic E-state index is 0.114. The summed E-state index contributed by atoms with van der Waals surface area (Å²) in [5, 5.41) is 0.129. The molecule has 1 fully saturated rings. The molecule has 0 aromatic carbocycles. The maximum Gasteiger partial charge on any atom is 0.401 e. The van der Waals surface area contributed by atoms with Gasteiger partial charge in [0.1, 0.15) is 5.65 Å². The molecule has 3 rings (SSSR count). The van der Waals surface area contributed by atoms with Gasteiger partial charge in [-0.25, -0.2) is 9.78 Å². The second kappa shape index (κ2) is 7.38. The number of amides is 1. The van der Waals surface area contributed by atoms with Crippen molar-refractivity contribution in [2.45, 2.75) is 12.6 Å². The number of fused-ring (bicyclic) bond motifs is 1. The number of alkyl halides is 3. The van der Waals surface area contributed by atoms with Gasteiger partial charge in [-0.3, -0.25) is 23.6 Å². The average Bonchev–Trinajstić information content (AvgIpc) is 2.87. The van der Waals surface area contributed by atoms with Crippen molar-refractivity contribution in [1.82, 2.24) is 23.9 Å². The molecule has 1 amide bonds. The zero-order chi connectivity index (χ0) is 20.6. The summed E-state index contributed by atoms with van der Waals surface area (Å²) in [6, 6.07) is 1.38. The van der Waals surface area contributed by atoms with E-state index in [1.54, 1.807) is 0 Å². The Labute approximate surface area is 157 Å². The molecule has 11 heteroatoms. The third kappa shape index (κ3) is 3.93. The maximum atomic E-state index is 12.8. The van der Waals surface area contributed by atoms with Crippen molar-refractivity contribution in [1.29, 1.82) is 0 Å². The molecule has 28 heavy (non-hydrogen) atoms. The van der Waals surface area contributed by atoms with Crippen LogP contribution in [0.2, 0.25) is 0 Å². The average molecular weight is 399 g/mol. The van der Waals surface area contributed by atoms with E-state index in [0.29, 0.717) is 13.0 Å². The zero-order valence-corrected chi connectivity index (χ0v) is 15.5. The van der Waals surface area contributed by atoms with Crippen LogP contribution in [0.25, 0.3) is 11.0 Å². The molecule has 3 heterocycles. The summed E-state index contributed by atoms with van der Waals surface area (Å²) >= 11 is 0. The molecule has 0 radical (unpaired) electrons. The van der Waals surface area contributed by atoms with Gasteiger partial charge < -0.3 is 4.90 Å². The number of aromatic nitrogens is 3. The number of rotatable bonds is 2. The molecular weight excluding hydrogens is 379 g/mol. The van der Waals surface area contributed by atoms with E-state index in [1.807, 2.05) is 0 Å². The normalized spacial score (nSPS) is 16.4. The lowest BCUT2D eigenvalue weighted by Gasteiger charge is -2.22. The van der Waals surface area contributed by atoms with E-state index in [1.165, 1.54) is 40.7 Å². The Morgan fingerprint density at radius 3 is 2.50 bits per heavy atom. The summed E-state index contributed by atoms with van der Waals surface area (Å²) in [4.78, 5) is 44.0. The first kappa shape index (κ1) is 20.1. The van der Waals surface area contributed by atoms with Crippen molar-refractivity contribution < 1.29 is 18.0 Å². The Morgan fingerprint density at radius 2 is 1.82 bits per heavy atom. The number of halogens is 3. The maximum absolute atomic E-state index is 12.8. The highest BCUT2D eigenvalue weighted by molar-refractivity contribution is 5.96. The fraction of sp³-hybridized carbons (Fsp3) is 0.529. The second-order valence-corrected chi connectivity index (χ2v) is 6.84. The number of carbonyl (C=O) groups excluding carboxylic acids is 1. The van der Waals surface area contributed by atoms with Gasteiger partial charge in [0.2, 0.25) is 0 Å². The van der Waals surface area contributed by atoms with E-state index in [0.717, 1.165) is 4.57 Å². The Morgan fingerprint density at radius 1 is 1.11 bits per heavy atom. The van der Waals surface area contributed by atoms with E-state index >= 15 is 0 Å². The molecule has 1 saturated heterocycles.